The summed E-state index contributed by atoms with van der Waals surface area (Å²) in [6, 6.07) is 10.9. The fraction of sp³-hybridized carbons (Fsp3) is 0.0769. The lowest BCUT2D eigenvalue weighted by molar-refractivity contribution is 0.318. The molecule has 19 heavy (non-hydrogen) atoms. The molecule has 0 aliphatic heterocycles. The zero-order valence-electron chi connectivity index (χ0n) is 10.3. The highest BCUT2D eigenvalue weighted by molar-refractivity contribution is 6.30. The van der Waals surface area contributed by atoms with Crippen LogP contribution in [0.4, 0.5) is 11.5 Å². The summed E-state index contributed by atoms with van der Waals surface area (Å²) >= 11 is 5.81. The van der Waals surface area contributed by atoms with E-state index in [9.17, 15) is 0 Å². The van der Waals surface area contributed by atoms with E-state index in [0.717, 1.165) is 5.69 Å². The summed E-state index contributed by atoms with van der Waals surface area (Å²) in [6.45, 7) is 0. The Hall–Kier alpha value is -2.27. The van der Waals surface area contributed by atoms with E-state index in [-0.39, 0.29) is 5.84 Å². The fourth-order valence-corrected chi connectivity index (χ4v) is 1.84. The first-order chi connectivity index (χ1) is 9.13. The molecular weight excluding hydrogens is 264 g/mol. The Morgan fingerprint density at radius 1 is 1.32 bits per heavy atom. The molecule has 98 valence electrons. The van der Waals surface area contributed by atoms with Crippen LogP contribution in [0, 0.1) is 0 Å². The Kier molecular flexibility index (Phi) is 3.87. The predicted octanol–water partition coefficient (Wildman–Crippen LogP) is 2.60. The standard InChI is InChI=1S/C13H13ClN4O/c1-18(12-7-6-9(14)8-16-12)11-5-3-2-4-10(11)13(15)17-19/h2-8,19H,1H3,(H2,15,17). The monoisotopic (exact) mass is 276 g/mol. The minimum absolute atomic E-state index is 0.0522. The predicted molar refractivity (Wildman–Crippen MR) is 76.3 cm³/mol. The second kappa shape index (κ2) is 5.58. The number of anilines is 2. The first-order valence-corrected chi connectivity index (χ1v) is 5.93. The Balaban J connectivity index is 2.44. The SMILES string of the molecule is CN(c1ccc(Cl)cn1)c1ccccc1C(N)=NO. The molecule has 0 spiro atoms. The maximum atomic E-state index is 8.81. The maximum Gasteiger partial charge on any atom is 0.172 e. The van der Waals surface area contributed by atoms with Crippen LogP contribution in [0.3, 0.4) is 0 Å². The van der Waals surface area contributed by atoms with Crippen LogP contribution in [0.25, 0.3) is 0 Å². The van der Waals surface area contributed by atoms with Gasteiger partial charge in [-0.05, 0) is 24.3 Å². The van der Waals surface area contributed by atoms with E-state index in [0.29, 0.717) is 16.4 Å². The van der Waals surface area contributed by atoms with E-state index in [1.54, 1.807) is 24.4 Å². The lowest BCUT2D eigenvalue weighted by Gasteiger charge is -2.21. The fourth-order valence-electron chi connectivity index (χ4n) is 1.73. The molecule has 0 aliphatic carbocycles. The summed E-state index contributed by atoms with van der Waals surface area (Å²) < 4.78 is 0. The summed E-state index contributed by atoms with van der Waals surface area (Å²) in [5.41, 5.74) is 7.08. The van der Waals surface area contributed by atoms with Gasteiger partial charge >= 0.3 is 0 Å². The van der Waals surface area contributed by atoms with E-state index in [1.807, 2.05) is 30.1 Å². The lowest BCUT2D eigenvalue weighted by Crippen LogP contribution is -2.19. The van der Waals surface area contributed by atoms with Crippen LogP contribution in [0.2, 0.25) is 5.02 Å². The van der Waals surface area contributed by atoms with Crippen molar-refractivity contribution in [2.24, 2.45) is 10.9 Å². The summed E-state index contributed by atoms with van der Waals surface area (Å²) in [7, 11) is 1.85. The molecule has 0 fully saturated rings. The van der Waals surface area contributed by atoms with Gasteiger partial charge in [-0.1, -0.05) is 28.9 Å². The van der Waals surface area contributed by atoms with Crippen LogP contribution >= 0.6 is 11.6 Å². The average Bonchev–Trinajstić information content (AvgIpc) is 2.46. The molecule has 6 heteroatoms. The first-order valence-electron chi connectivity index (χ1n) is 5.55. The highest BCUT2D eigenvalue weighted by atomic mass is 35.5. The van der Waals surface area contributed by atoms with Crippen molar-refractivity contribution in [3.63, 3.8) is 0 Å². The number of para-hydroxylation sites is 1. The number of halogens is 1. The minimum Gasteiger partial charge on any atom is -0.409 e. The van der Waals surface area contributed by atoms with Gasteiger partial charge in [0.05, 0.1) is 10.7 Å². The van der Waals surface area contributed by atoms with Gasteiger partial charge in [0.2, 0.25) is 0 Å². The van der Waals surface area contributed by atoms with Gasteiger partial charge in [0.1, 0.15) is 5.82 Å². The number of nitrogens with two attached hydrogens (primary N) is 1. The number of aromatic nitrogens is 1. The van der Waals surface area contributed by atoms with Crippen molar-refractivity contribution in [1.29, 1.82) is 0 Å². The molecule has 3 N–H and O–H groups in total. The maximum absolute atomic E-state index is 8.81. The molecule has 1 heterocycles. The molecule has 2 rings (SSSR count). The van der Waals surface area contributed by atoms with Crippen LogP contribution in [0.15, 0.2) is 47.8 Å². The zero-order valence-corrected chi connectivity index (χ0v) is 11.0. The second-order valence-corrected chi connectivity index (χ2v) is 4.33. The largest absolute Gasteiger partial charge is 0.409 e. The third kappa shape index (κ3) is 2.77. The van der Waals surface area contributed by atoms with Crippen molar-refractivity contribution in [3.8, 4) is 0 Å². The number of oxime groups is 1. The third-order valence-corrected chi connectivity index (χ3v) is 2.93. The molecule has 1 aromatic heterocycles. The quantitative estimate of drug-likeness (QED) is 0.391. The zero-order chi connectivity index (χ0) is 13.8. The van der Waals surface area contributed by atoms with E-state index >= 15 is 0 Å². The summed E-state index contributed by atoms with van der Waals surface area (Å²) in [4.78, 5) is 6.07. The van der Waals surface area contributed by atoms with Crippen LogP contribution < -0.4 is 10.6 Å². The van der Waals surface area contributed by atoms with Gasteiger partial charge in [0, 0.05) is 18.8 Å². The molecule has 0 radical (unpaired) electrons. The van der Waals surface area contributed by atoms with E-state index in [4.69, 9.17) is 22.5 Å². The van der Waals surface area contributed by atoms with Gasteiger partial charge in [0.15, 0.2) is 5.84 Å². The van der Waals surface area contributed by atoms with Crippen LogP contribution in [-0.4, -0.2) is 23.1 Å². The van der Waals surface area contributed by atoms with Crippen LogP contribution in [-0.2, 0) is 0 Å². The molecule has 2 aromatic rings. The van der Waals surface area contributed by atoms with Crippen molar-refractivity contribution in [2.45, 2.75) is 0 Å². The Bertz CT molecular complexity index is 598. The first kappa shape index (κ1) is 13.2. The van der Waals surface area contributed by atoms with Crippen molar-refractivity contribution >= 4 is 28.9 Å². The lowest BCUT2D eigenvalue weighted by atomic mass is 10.1. The highest BCUT2D eigenvalue weighted by Crippen LogP contribution is 2.25. The summed E-state index contributed by atoms with van der Waals surface area (Å²) in [6.07, 6.45) is 1.57. The molecule has 0 amide bonds. The third-order valence-electron chi connectivity index (χ3n) is 2.70. The minimum atomic E-state index is 0.0522. The molecule has 1 aromatic carbocycles. The number of rotatable bonds is 3. The highest BCUT2D eigenvalue weighted by Gasteiger charge is 2.12. The normalized spacial score (nSPS) is 11.4. The molecule has 0 bridgehead atoms. The van der Waals surface area contributed by atoms with Crippen molar-refractivity contribution in [2.75, 3.05) is 11.9 Å². The Morgan fingerprint density at radius 3 is 2.68 bits per heavy atom. The van der Waals surface area contributed by atoms with Crippen molar-refractivity contribution in [1.82, 2.24) is 4.98 Å². The molecule has 0 atom stereocenters. The van der Waals surface area contributed by atoms with E-state index in [2.05, 4.69) is 10.1 Å². The smallest absolute Gasteiger partial charge is 0.172 e. The molecule has 0 saturated carbocycles. The Labute approximate surface area is 115 Å². The molecular formula is C13H13ClN4O. The summed E-state index contributed by atoms with van der Waals surface area (Å²) in [5.74, 6) is 0.763. The van der Waals surface area contributed by atoms with Gasteiger partial charge in [-0.2, -0.15) is 0 Å². The topological polar surface area (TPSA) is 74.7 Å². The molecule has 0 unspecified atom stereocenters. The number of hydrogen-bond acceptors (Lipinski definition) is 4. The average molecular weight is 277 g/mol. The molecule has 0 aliphatic rings. The number of benzene rings is 1. The second-order valence-electron chi connectivity index (χ2n) is 3.90. The number of hydrogen-bond donors (Lipinski definition) is 2. The van der Waals surface area contributed by atoms with Crippen molar-refractivity contribution < 1.29 is 5.21 Å². The van der Waals surface area contributed by atoms with Gasteiger partial charge < -0.3 is 15.8 Å². The van der Waals surface area contributed by atoms with Gasteiger partial charge in [-0.15, -0.1) is 0 Å². The van der Waals surface area contributed by atoms with E-state index < -0.39 is 0 Å². The Morgan fingerprint density at radius 2 is 2.05 bits per heavy atom. The molecule has 5 nitrogen and oxygen atoms in total. The number of nitrogens with zero attached hydrogens (tertiary/aromatic N) is 3. The van der Waals surface area contributed by atoms with Gasteiger partial charge in [-0.25, -0.2) is 4.98 Å². The molecule has 0 saturated heterocycles. The van der Waals surface area contributed by atoms with Crippen molar-refractivity contribution in [3.05, 3.63) is 53.2 Å². The van der Waals surface area contributed by atoms with Gasteiger partial charge in [-0.3, -0.25) is 0 Å². The van der Waals surface area contributed by atoms with Crippen LogP contribution in [0.1, 0.15) is 5.56 Å². The summed E-state index contributed by atoms with van der Waals surface area (Å²) in [5, 5.41) is 12.4. The van der Waals surface area contributed by atoms with Gasteiger partial charge in [0.25, 0.3) is 0 Å². The van der Waals surface area contributed by atoms with Crippen LogP contribution in [0.5, 0.6) is 0 Å². The van der Waals surface area contributed by atoms with E-state index in [1.165, 1.54) is 0 Å². The number of pyridine rings is 1. The number of amidine groups is 1.